The molecule has 1 amide bonds. The minimum absolute atomic E-state index is 0.112. The molecule has 6 heteroatoms. The van der Waals surface area contributed by atoms with E-state index in [-0.39, 0.29) is 11.9 Å². The molecular weight excluding hydrogens is 338 g/mol. The van der Waals surface area contributed by atoms with E-state index in [2.05, 4.69) is 21.3 Å². The normalized spacial score (nSPS) is 15.8. The first kappa shape index (κ1) is 17.7. The topological polar surface area (TPSA) is 54.5 Å². The molecule has 1 N–H and O–H groups in total. The van der Waals surface area contributed by atoms with Crippen molar-refractivity contribution in [2.75, 3.05) is 26.7 Å². The molecule has 0 saturated carbocycles. The number of carbonyl (C=O) groups is 1. The van der Waals surface area contributed by atoms with Crippen molar-refractivity contribution in [2.24, 2.45) is 0 Å². The van der Waals surface area contributed by atoms with Gasteiger partial charge in [0.1, 0.15) is 11.4 Å². The van der Waals surface area contributed by atoms with Gasteiger partial charge in [0.15, 0.2) is 0 Å². The van der Waals surface area contributed by atoms with Crippen molar-refractivity contribution in [3.63, 3.8) is 0 Å². The third-order valence-corrected chi connectivity index (χ3v) is 4.71. The first-order valence-electron chi connectivity index (χ1n) is 8.45. The summed E-state index contributed by atoms with van der Waals surface area (Å²) in [7, 11) is 1.66. The van der Waals surface area contributed by atoms with Gasteiger partial charge >= 0.3 is 0 Å². The van der Waals surface area contributed by atoms with Gasteiger partial charge in [0, 0.05) is 17.8 Å². The number of carbonyl (C=O) groups excluding carboxylic acids is 1. The predicted octanol–water partition coefficient (Wildman–Crippen LogP) is 3.31. The first-order valence-corrected chi connectivity index (χ1v) is 8.83. The van der Waals surface area contributed by atoms with Crippen LogP contribution in [0.5, 0.6) is 5.75 Å². The molecular formula is C19H22ClN3O2. The lowest BCUT2D eigenvalue weighted by molar-refractivity contribution is 0.0933. The molecule has 1 aliphatic heterocycles. The molecule has 5 nitrogen and oxygen atoms in total. The number of methoxy groups -OCH3 is 1. The van der Waals surface area contributed by atoms with Gasteiger partial charge in [-0.15, -0.1) is 0 Å². The summed E-state index contributed by atoms with van der Waals surface area (Å²) < 4.78 is 5.35. The highest BCUT2D eigenvalue weighted by molar-refractivity contribution is 6.30. The van der Waals surface area contributed by atoms with Crippen LogP contribution >= 0.6 is 11.6 Å². The van der Waals surface area contributed by atoms with Crippen LogP contribution in [-0.4, -0.2) is 42.5 Å². The summed E-state index contributed by atoms with van der Waals surface area (Å²) in [4.78, 5) is 18.9. The number of likely N-dealkylation sites (tertiary alicyclic amines) is 1. The van der Waals surface area contributed by atoms with Crippen molar-refractivity contribution in [3.8, 4) is 5.75 Å². The SMILES string of the molecule is COc1cccc([C@@H](CNC(=O)c2cc(Cl)ccn2)N2CCCC2)c1. The van der Waals surface area contributed by atoms with E-state index < -0.39 is 0 Å². The van der Waals surface area contributed by atoms with Gasteiger partial charge in [-0.1, -0.05) is 23.7 Å². The summed E-state index contributed by atoms with van der Waals surface area (Å²) in [6.07, 6.45) is 3.91. The van der Waals surface area contributed by atoms with Crippen LogP contribution in [0.1, 0.15) is 34.9 Å². The summed E-state index contributed by atoms with van der Waals surface area (Å²) in [6, 6.07) is 11.4. The van der Waals surface area contributed by atoms with Crippen molar-refractivity contribution < 1.29 is 9.53 Å². The van der Waals surface area contributed by atoms with E-state index in [0.29, 0.717) is 17.3 Å². The van der Waals surface area contributed by atoms with Gasteiger partial charge in [-0.05, 0) is 55.8 Å². The molecule has 1 aromatic carbocycles. The van der Waals surface area contributed by atoms with Crippen LogP contribution in [0.3, 0.4) is 0 Å². The summed E-state index contributed by atoms with van der Waals surface area (Å²) in [6.45, 7) is 2.58. The van der Waals surface area contributed by atoms with Crippen molar-refractivity contribution >= 4 is 17.5 Å². The predicted molar refractivity (Wildman–Crippen MR) is 98.1 cm³/mol. The van der Waals surface area contributed by atoms with E-state index in [1.165, 1.54) is 19.0 Å². The largest absolute Gasteiger partial charge is 0.497 e. The molecule has 0 spiro atoms. The molecule has 132 valence electrons. The van der Waals surface area contributed by atoms with Crippen molar-refractivity contribution in [1.29, 1.82) is 0 Å². The zero-order chi connectivity index (χ0) is 17.6. The molecule has 25 heavy (non-hydrogen) atoms. The van der Waals surface area contributed by atoms with Gasteiger partial charge in [-0.2, -0.15) is 0 Å². The molecule has 0 unspecified atom stereocenters. The Kier molecular flexibility index (Phi) is 5.89. The molecule has 2 aromatic rings. The summed E-state index contributed by atoms with van der Waals surface area (Å²) in [5.41, 5.74) is 1.47. The molecule has 0 radical (unpaired) electrons. The minimum Gasteiger partial charge on any atom is -0.497 e. The van der Waals surface area contributed by atoms with Crippen LogP contribution in [0.2, 0.25) is 5.02 Å². The fourth-order valence-electron chi connectivity index (χ4n) is 3.17. The van der Waals surface area contributed by atoms with E-state index in [4.69, 9.17) is 16.3 Å². The monoisotopic (exact) mass is 359 g/mol. The quantitative estimate of drug-likeness (QED) is 0.859. The molecule has 1 fully saturated rings. The van der Waals surface area contributed by atoms with Crippen LogP contribution in [-0.2, 0) is 0 Å². The third-order valence-electron chi connectivity index (χ3n) is 4.47. The summed E-state index contributed by atoms with van der Waals surface area (Å²) >= 11 is 5.94. The minimum atomic E-state index is -0.213. The number of hydrogen-bond acceptors (Lipinski definition) is 4. The number of benzene rings is 1. The third kappa shape index (κ3) is 4.50. The van der Waals surface area contributed by atoms with E-state index in [1.807, 2.05) is 18.2 Å². The second-order valence-electron chi connectivity index (χ2n) is 6.10. The number of rotatable bonds is 6. The van der Waals surface area contributed by atoms with Crippen molar-refractivity contribution in [2.45, 2.75) is 18.9 Å². The fourth-order valence-corrected chi connectivity index (χ4v) is 3.33. The van der Waals surface area contributed by atoms with Crippen LogP contribution in [0.15, 0.2) is 42.6 Å². The van der Waals surface area contributed by atoms with Crippen molar-refractivity contribution in [3.05, 3.63) is 58.9 Å². The van der Waals surface area contributed by atoms with E-state index in [9.17, 15) is 4.79 Å². The molecule has 3 rings (SSSR count). The molecule has 1 atom stereocenters. The van der Waals surface area contributed by atoms with Gasteiger partial charge in [0.05, 0.1) is 13.2 Å². The maximum Gasteiger partial charge on any atom is 0.269 e. The van der Waals surface area contributed by atoms with Crippen LogP contribution in [0.4, 0.5) is 0 Å². The average molecular weight is 360 g/mol. The Morgan fingerprint density at radius 3 is 2.84 bits per heavy atom. The molecule has 1 aromatic heterocycles. The number of nitrogens with one attached hydrogen (secondary N) is 1. The number of nitrogens with zero attached hydrogens (tertiary/aromatic N) is 2. The highest BCUT2D eigenvalue weighted by atomic mass is 35.5. The zero-order valence-electron chi connectivity index (χ0n) is 14.2. The van der Waals surface area contributed by atoms with E-state index >= 15 is 0 Å². The van der Waals surface area contributed by atoms with E-state index in [0.717, 1.165) is 24.4 Å². The maximum absolute atomic E-state index is 12.4. The lowest BCUT2D eigenvalue weighted by atomic mass is 10.0. The Bertz CT molecular complexity index is 732. The maximum atomic E-state index is 12.4. The highest BCUT2D eigenvalue weighted by Crippen LogP contribution is 2.27. The summed E-state index contributed by atoms with van der Waals surface area (Å²) in [5, 5.41) is 3.50. The lowest BCUT2D eigenvalue weighted by Gasteiger charge is -2.28. The molecule has 2 heterocycles. The fraction of sp³-hybridized carbons (Fsp3) is 0.368. The van der Waals surface area contributed by atoms with Crippen LogP contribution < -0.4 is 10.1 Å². The number of ether oxygens (including phenoxy) is 1. The van der Waals surface area contributed by atoms with Gasteiger partial charge in [-0.25, -0.2) is 0 Å². The number of amides is 1. The van der Waals surface area contributed by atoms with Crippen LogP contribution in [0, 0.1) is 0 Å². The Morgan fingerprint density at radius 1 is 1.32 bits per heavy atom. The molecule has 0 aliphatic carbocycles. The number of aromatic nitrogens is 1. The van der Waals surface area contributed by atoms with E-state index in [1.54, 1.807) is 19.2 Å². The Hall–Kier alpha value is -2.11. The Labute approximate surface area is 153 Å². The van der Waals surface area contributed by atoms with Gasteiger partial charge in [-0.3, -0.25) is 14.7 Å². The second-order valence-corrected chi connectivity index (χ2v) is 6.54. The first-order chi connectivity index (χ1) is 12.2. The van der Waals surface area contributed by atoms with Gasteiger partial charge in [0.2, 0.25) is 0 Å². The lowest BCUT2D eigenvalue weighted by Crippen LogP contribution is -2.37. The standard InChI is InChI=1S/C19H22ClN3O2/c1-25-16-6-4-5-14(11-16)18(23-9-2-3-10-23)13-22-19(24)17-12-15(20)7-8-21-17/h4-8,11-12,18H,2-3,9-10,13H2,1H3,(H,22,24)/t18-/m1/s1. The van der Waals surface area contributed by atoms with Gasteiger partial charge in [0.25, 0.3) is 5.91 Å². The number of pyridine rings is 1. The smallest absolute Gasteiger partial charge is 0.269 e. The zero-order valence-corrected chi connectivity index (χ0v) is 15.0. The Morgan fingerprint density at radius 2 is 2.12 bits per heavy atom. The van der Waals surface area contributed by atoms with Crippen molar-refractivity contribution in [1.82, 2.24) is 15.2 Å². The number of hydrogen-bond donors (Lipinski definition) is 1. The molecule has 0 bridgehead atoms. The Balaban J connectivity index is 1.74. The summed E-state index contributed by atoms with van der Waals surface area (Å²) in [5.74, 6) is 0.610. The second kappa shape index (κ2) is 8.32. The average Bonchev–Trinajstić information content (AvgIpc) is 3.16. The number of halogens is 1. The molecule has 1 saturated heterocycles. The molecule has 1 aliphatic rings. The van der Waals surface area contributed by atoms with Crippen LogP contribution in [0.25, 0.3) is 0 Å². The van der Waals surface area contributed by atoms with Gasteiger partial charge < -0.3 is 10.1 Å². The highest BCUT2D eigenvalue weighted by Gasteiger charge is 2.24.